The number of morpholine rings is 1. The summed E-state index contributed by atoms with van der Waals surface area (Å²) in [5, 5.41) is 10.0. The van der Waals surface area contributed by atoms with Gasteiger partial charge in [-0.3, -0.25) is 19.6 Å². The van der Waals surface area contributed by atoms with Gasteiger partial charge in [-0.15, -0.1) is 0 Å². The Morgan fingerprint density at radius 1 is 1.11 bits per heavy atom. The van der Waals surface area contributed by atoms with Crippen molar-refractivity contribution in [2.45, 2.75) is 77.1 Å². The Kier molecular flexibility index (Phi) is 9.84. The number of hydrogen-bond donors (Lipinski definition) is 1. The van der Waals surface area contributed by atoms with Gasteiger partial charge in [-0.05, 0) is 63.4 Å². The molecular formula is C34H48FN5O5. The fourth-order valence-electron chi connectivity index (χ4n) is 6.61. The van der Waals surface area contributed by atoms with E-state index in [0.717, 1.165) is 22.5 Å². The average Bonchev–Trinajstić information content (AvgIpc) is 3.24. The molecule has 0 saturated carbocycles. The van der Waals surface area contributed by atoms with Gasteiger partial charge in [0.25, 0.3) is 0 Å². The Bertz CT molecular complexity index is 1360. The lowest BCUT2D eigenvalue weighted by Gasteiger charge is -2.47. The van der Waals surface area contributed by atoms with Crippen LogP contribution in [0.2, 0.25) is 0 Å². The van der Waals surface area contributed by atoms with E-state index in [9.17, 15) is 19.1 Å². The number of amides is 2. The molecule has 0 radical (unpaired) electrons. The van der Waals surface area contributed by atoms with Crippen LogP contribution in [0.1, 0.15) is 58.4 Å². The van der Waals surface area contributed by atoms with Crippen LogP contribution in [-0.4, -0.2) is 120 Å². The maximum atomic E-state index is 14.2. The predicted octanol–water partition coefficient (Wildman–Crippen LogP) is 3.44. The number of nitrogens with zero attached hydrogens (tertiary/aromatic N) is 5. The summed E-state index contributed by atoms with van der Waals surface area (Å²) in [5.74, 6) is -0.296. The van der Waals surface area contributed by atoms with E-state index in [1.54, 1.807) is 17.0 Å². The molecule has 2 saturated heterocycles. The standard InChI is InChI=1S/C34H48FN5O5/c1-23-16-38(27(17-37-11-12-44-21-28(37)20-41)18-39(23)32(43)45-33(2,3)4)19-30(42)40-22-34(5,6)31-29(40)14-25(15-36-31)13-24-7-9-26(35)10-8-24/h7-10,14-15,23,27-28,41H,11-13,16-22H2,1-6H3/t23-,27+,28?/m1/s1. The van der Waals surface area contributed by atoms with Crippen LogP contribution >= 0.6 is 0 Å². The van der Waals surface area contributed by atoms with Gasteiger partial charge in [0.2, 0.25) is 5.91 Å². The number of anilines is 1. The van der Waals surface area contributed by atoms with E-state index in [1.165, 1.54) is 12.1 Å². The number of carbonyl (C=O) groups is 2. The fraction of sp³-hybridized carbons (Fsp3) is 0.618. The molecule has 2 aromatic rings. The minimum atomic E-state index is -0.620. The van der Waals surface area contributed by atoms with E-state index >= 15 is 0 Å². The zero-order valence-corrected chi connectivity index (χ0v) is 27.5. The third kappa shape index (κ3) is 7.82. The van der Waals surface area contributed by atoms with Crippen LogP contribution in [0, 0.1) is 5.82 Å². The zero-order chi connectivity index (χ0) is 32.5. The monoisotopic (exact) mass is 625 g/mol. The van der Waals surface area contributed by atoms with Crippen molar-refractivity contribution in [1.29, 1.82) is 0 Å². The van der Waals surface area contributed by atoms with Crippen molar-refractivity contribution >= 4 is 17.7 Å². The van der Waals surface area contributed by atoms with Crippen LogP contribution in [0.5, 0.6) is 0 Å². The molecule has 1 aromatic heterocycles. The highest BCUT2D eigenvalue weighted by Crippen LogP contribution is 2.40. The summed E-state index contributed by atoms with van der Waals surface area (Å²) in [4.78, 5) is 40.2. The zero-order valence-electron chi connectivity index (χ0n) is 27.5. The first kappa shape index (κ1) is 33.2. The summed E-state index contributed by atoms with van der Waals surface area (Å²) >= 11 is 0. The highest BCUT2D eigenvalue weighted by atomic mass is 19.1. The van der Waals surface area contributed by atoms with Crippen molar-refractivity contribution in [3.8, 4) is 0 Å². The molecule has 10 nitrogen and oxygen atoms in total. The van der Waals surface area contributed by atoms with Crippen molar-refractivity contribution in [2.24, 2.45) is 0 Å². The average molecular weight is 626 g/mol. The lowest BCUT2D eigenvalue weighted by molar-refractivity contribution is -0.122. The molecule has 1 aromatic carbocycles. The van der Waals surface area contributed by atoms with Crippen LogP contribution in [-0.2, 0) is 26.1 Å². The van der Waals surface area contributed by atoms with Gasteiger partial charge in [-0.1, -0.05) is 26.0 Å². The van der Waals surface area contributed by atoms with E-state index in [0.29, 0.717) is 52.4 Å². The topological polar surface area (TPSA) is 98.7 Å². The number of fused-ring (bicyclic) bond motifs is 1. The fourth-order valence-corrected chi connectivity index (χ4v) is 6.61. The van der Waals surface area contributed by atoms with Crippen molar-refractivity contribution in [3.05, 3.63) is 59.2 Å². The van der Waals surface area contributed by atoms with Gasteiger partial charge in [-0.25, -0.2) is 9.18 Å². The molecule has 0 bridgehead atoms. The third-order valence-corrected chi connectivity index (χ3v) is 8.96. The molecule has 3 atom stereocenters. The Balaban J connectivity index is 1.37. The number of ether oxygens (including phenoxy) is 2. The van der Waals surface area contributed by atoms with Gasteiger partial charge < -0.3 is 24.4 Å². The van der Waals surface area contributed by atoms with Crippen LogP contribution in [0.25, 0.3) is 0 Å². The summed E-state index contributed by atoms with van der Waals surface area (Å²) in [6, 6.07) is 8.04. The molecule has 3 aliphatic rings. The second-order valence-corrected chi connectivity index (χ2v) is 14.3. The molecule has 0 aliphatic carbocycles. The lowest BCUT2D eigenvalue weighted by atomic mass is 9.91. The third-order valence-electron chi connectivity index (χ3n) is 8.96. The quantitative estimate of drug-likeness (QED) is 0.500. The van der Waals surface area contributed by atoms with E-state index < -0.39 is 5.60 Å². The largest absolute Gasteiger partial charge is 0.444 e. The number of hydrogen-bond acceptors (Lipinski definition) is 8. The van der Waals surface area contributed by atoms with Crippen molar-refractivity contribution in [1.82, 2.24) is 19.7 Å². The number of carbonyl (C=O) groups excluding carboxylic acids is 2. The molecule has 2 fully saturated rings. The molecule has 246 valence electrons. The van der Waals surface area contributed by atoms with E-state index in [4.69, 9.17) is 14.5 Å². The van der Waals surface area contributed by atoms with Crippen LogP contribution in [0.15, 0.2) is 36.5 Å². The molecule has 1 N–H and O–H groups in total. The number of benzene rings is 1. The number of pyridine rings is 1. The Labute approximate surface area is 266 Å². The highest BCUT2D eigenvalue weighted by molar-refractivity contribution is 5.97. The Morgan fingerprint density at radius 3 is 2.53 bits per heavy atom. The first-order chi connectivity index (χ1) is 21.2. The highest BCUT2D eigenvalue weighted by Gasteiger charge is 2.43. The number of piperazine rings is 1. The summed E-state index contributed by atoms with van der Waals surface area (Å²) in [6.45, 7) is 15.6. The number of halogens is 1. The molecule has 45 heavy (non-hydrogen) atoms. The first-order valence-corrected chi connectivity index (χ1v) is 15.9. The van der Waals surface area contributed by atoms with Crippen molar-refractivity contribution in [2.75, 3.05) is 64.0 Å². The van der Waals surface area contributed by atoms with E-state index in [2.05, 4.69) is 23.6 Å². The van der Waals surface area contributed by atoms with Gasteiger partial charge in [0, 0.05) is 56.4 Å². The van der Waals surface area contributed by atoms with Crippen molar-refractivity contribution in [3.63, 3.8) is 0 Å². The van der Waals surface area contributed by atoms with Gasteiger partial charge in [-0.2, -0.15) is 0 Å². The second kappa shape index (κ2) is 13.3. The summed E-state index contributed by atoms with van der Waals surface area (Å²) in [6.07, 6.45) is 2.08. The summed E-state index contributed by atoms with van der Waals surface area (Å²) in [5.41, 5.74) is 2.69. The molecule has 1 unspecified atom stereocenters. The molecule has 2 amide bonds. The number of aromatic nitrogens is 1. The maximum Gasteiger partial charge on any atom is 0.410 e. The lowest BCUT2D eigenvalue weighted by Crippen LogP contribution is -2.64. The van der Waals surface area contributed by atoms with Crippen molar-refractivity contribution < 1.29 is 28.6 Å². The maximum absolute atomic E-state index is 14.2. The molecule has 4 heterocycles. The number of rotatable bonds is 7. The molecule has 5 rings (SSSR count). The van der Waals surface area contributed by atoms with Crippen LogP contribution in [0.3, 0.4) is 0 Å². The van der Waals surface area contributed by atoms with E-state index in [-0.39, 0.29) is 54.5 Å². The van der Waals surface area contributed by atoms with Crippen LogP contribution in [0.4, 0.5) is 14.9 Å². The Hall–Kier alpha value is -3.12. The van der Waals surface area contributed by atoms with Gasteiger partial charge in [0.1, 0.15) is 11.4 Å². The normalized spacial score (nSPS) is 24.0. The van der Waals surface area contributed by atoms with E-state index in [1.807, 2.05) is 44.9 Å². The number of aliphatic hydroxyl groups excluding tert-OH is 1. The minimum Gasteiger partial charge on any atom is -0.444 e. The van der Waals surface area contributed by atoms with Crippen LogP contribution < -0.4 is 4.90 Å². The molecule has 11 heteroatoms. The van der Waals surface area contributed by atoms with Gasteiger partial charge >= 0.3 is 6.09 Å². The Morgan fingerprint density at radius 2 is 1.84 bits per heavy atom. The second-order valence-electron chi connectivity index (χ2n) is 14.3. The smallest absolute Gasteiger partial charge is 0.410 e. The number of aliphatic hydroxyl groups is 1. The summed E-state index contributed by atoms with van der Waals surface area (Å²) < 4.78 is 24.8. The molecular weight excluding hydrogens is 577 g/mol. The predicted molar refractivity (Wildman–Crippen MR) is 170 cm³/mol. The van der Waals surface area contributed by atoms with Gasteiger partial charge in [0.15, 0.2) is 0 Å². The summed E-state index contributed by atoms with van der Waals surface area (Å²) in [7, 11) is 0. The van der Waals surface area contributed by atoms with Gasteiger partial charge in [0.05, 0.1) is 43.8 Å². The first-order valence-electron chi connectivity index (χ1n) is 15.9. The molecule has 0 spiro atoms. The SMILES string of the molecule is C[C@@H]1CN(CC(=O)N2CC(C)(C)c3ncc(Cc4ccc(F)cc4)cc32)[C@@H](CN2CCOCC2CO)CN1C(=O)OC(C)(C)C. The minimum absolute atomic E-state index is 0.0221. The molecule has 3 aliphatic heterocycles.